The van der Waals surface area contributed by atoms with E-state index in [1.807, 2.05) is 0 Å². The smallest absolute Gasteiger partial charge is 0.431 e. The van der Waals surface area contributed by atoms with Crippen LogP contribution in [0.5, 0.6) is 17.2 Å². The second-order valence-electron chi connectivity index (χ2n) is 6.96. The zero-order valence-electron chi connectivity index (χ0n) is 16.6. The van der Waals surface area contributed by atoms with E-state index in [9.17, 15) is 61.5 Å². The lowest BCUT2D eigenvalue weighted by atomic mass is 10.0. The predicted molar refractivity (Wildman–Crippen MR) is 89.1 cm³/mol. The van der Waals surface area contributed by atoms with Gasteiger partial charge in [-0.05, 0) is 36.4 Å². The van der Waals surface area contributed by atoms with Gasteiger partial charge in [-0.25, -0.2) is 8.78 Å². The van der Waals surface area contributed by atoms with E-state index in [-0.39, 0.29) is 6.92 Å². The standard InChI is InChI=1S/C19H10F14O2/c1-15(20,21)14(19(31,32)33)35-10-4-2-9(3-5-10)34-13-11(17(25,26)27)6-8(16(22,23)24)7-12(13)18(28,29)30/h2-7,14H,1H3. The number of hydrogen-bond donors (Lipinski definition) is 0. The van der Waals surface area contributed by atoms with Gasteiger partial charge in [-0.1, -0.05) is 0 Å². The molecule has 1 unspecified atom stereocenters. The summed E-state index contributed by atoms with van der Waals surface area (Å²) in [7, 11) is 0. The third-order valence-electron chi connectivity index (χ3n) is 4.08. The molecule has 2 aromatic rings. The molecule has 0 amide bonds. The van der Waals surface area contributed by atoms with Crippen molar-refractivity contribution in [2.45, 2.75) is 43.7 Å². The summed E-state index contributed by atoms with van der Waals surface area (Å²) in [6.07, 6.45) is -26.3. The van der Waals surface area contributed by atoms with Crippen molar-refractivity contribution in [1.82, 2.24) is 0 Å². The molecule has 0 heterocycles. The Morgan fingerprint density at radius 1 is 0.600 bits per heavy atom. The van der Waals surface area contributed by atoms with Crippen LogP contribution >= 0.6 is 0 Å². The molecule has 0 aliphatic carbocycles. The average Bonchev–Trinajstić information content (AvgIpc) is 2.62. The fraction of sp³-hybridized carbons (Fsp3) is 0.368. The molecule has 0 spiro atoms. The van der Waals surface area contributed by atoms with E-state index in [1.54, 1.807) is 0 Å². The van der Waals surface area contributed by atoms with Crippen LogP contribution in [-0.4, -0.2) is 18.2 Å². The molecule has 2 rings (SSSR count). The monoisotopic (exact) mass is 536 g/mol. The molecule has 2 aromatic carbocycles. The summed E-state index contributed by atoms with van der Waals surface area (Å²) in [4.78, 5) is 0. The normalized spacial score (nSPS) is 14.6. The Hall–Kier alpha value is -2.94. The van der Waals surface area contributed by atoms with Gasteiger partial charge in [0.15, 0.2) is 5.75 Å². The fourth-order valence-electron chi connectivity index (χ4n) is 2.62. The molecule has 0 bridgehead atoms. The van der Waals surface area contributed by atoms with Gasteiger partial charge in [-0.15, -0.1) is 0 Å². The highest BCUT2D eigenvalue weighted by atomic mass is 19.4. The SMILES string of the molecule is CC(F)(F)C(Oc1ccc(Oc2c(C(F)(F)F)cc(C(F)(F)F)cc2C(F)(F)F)cc1)C(F)(F)F. The third kappa shape index (κ3) is 7.04. The van der Waals surface area contributed by atoms with E-state index in [2.05, 4.69) is 9.47 Å². The van der Waals surface area contributed by atoms with Crippen molar-refractivity contribution in [3.05, 3.63) is 53.1 Å². The van der Waals surface area contributed by atoms with Gasteiger partial charge >= 0.3 is 24.7 Å². The second kappa shape index (κ2) is 8.93. The minimum Gasteiger partial charge on any atom is -0.474 e. The molecule has 1 atom stereocenters. The minimum atomic E-state index is -5.76. The van der Waals surface area contributed by atoms with Crippen LogP contribution in [0, 0.1) is 0 Å². The van der Waals surface area contributed by atoms with Crippen molar-refractivity contribution in [2.75, 3.05) is 0 Å². The molecule has 196 valence electrons. The van der Waals surface area contributed by atoms with Gasteiger partial charge in [0, 0.05) is 6.92 Å². The Labute approximate surface area is 186 Å². The molecule has 2 nitrogen and oxygen atoms in total. The molecule has 0 aromatic heterocycles. The molecule has 0 fully saturated rings. The number of benzene rings is 2. The van der Waals surface area contributed by atoms with Gasteiger partial charge in [-0.2, -0.15) is 52.7 Å². The van der Waals surface area contributed by atoms with Gasteiger partial charge in [0.05, 0.1) is 16.7 Å². The quantitative estimate of drug-likeness (QED) is 0.357. The van der Waals surface area contributed by atoms with Gasteiger partial charge in [0.2, 0.25) is 0 Å². The minimum absolute atomic E-state index is 0.107. The average molecular weight is 536 g/mol. The fourth-order valence-corrected chi connectivity index (χ4v) is 2.62. The first-order valence-corrected chi connectivity index (χ1v) is 8.80. The summed E-state index contributed by atoms with van der Waals surface area (Å²) in [5.41, 5.74) is -7.16. The maximum Gasteiger partial charge on any atom is 0.431 e. The molecular formula is C19H10F14O2. The summed E-state index contributed by atoms with van der Waals surface area (Å²) < 4.78 is 192. The summed E-state index contributed by atoms with van der Waals surface area (Å²) in [5, 5.41) is 0. The molecule has 0 radical (unpaired) electrons. The van der Waals surface area contributed by atoms with Crippen LogP contribution in [0.2, 0.25) is 0 Å². The van der Waals surface area contributed by atoms with E-state index in [0.29, 0.717) is 24.3 Å². The number of hydrogen-bond acceptors (Lipinski definition) is 2. The Kier molecular flexibility index (Phi) is 7.22. The Balaban J connectivity index is 2.53. The summed E-state index contributed by atoms with van der Waals surface area (Å²) in [5.74, 6) is -8.34. The summed E-state index contributed by atoms with van der Waals surface area (Å²) in [6.45, 7) is -0.107. The zero-order chi connectivity index (χ0) is 27.2. The third-order valence-corrected chi connectivity index (χ3v) is 4.08. The lowest BCUT2D eigenvalue weighted by Gasteiger charge is -2.26. The first-order chi connectivity index (χ1) is 15.5. The summed E-state index contributed by atoms with van der Waals surface area (Å²) >= 11 is 0. The number of ether oxygens (including phenoxy) is 2. The molecular weight excluding hydrogens is 526 g/mol. The van der Waals surface area contributed by atoms with Crippen molar-refractivity contribution >= 4 is 0 Å². The maximum absolute atomic E-state index is 13.3. The van der Waals surface area contributed by atoms with Crippen molar-refractivity contribution in [1.29, 1.82) is 0 Å². The van der Waals surface area contributed by atoms with E-state index < -0.39 is 82.8 Å². The lowest BCUT2D eigenvalue weighted by Crippen LogP contribution is -2.47. The van der Waals surface area contributed by atoms with Crippen LogP contribution in [0.3, 0.4) is 0 Å². The highest BCUT2D eigenvalue weighted by Gasteiger charge is 2.55. The Morgan fingerprint density at radius 2 is 1.00 bits per heavy atom. The van der Waals surface area contributed by atoms with E-state index in [0.717, 1.165) is 0 Å². The highest BCUT2D eigenvalue weighted by molar-refractivity contribution is 5.51. The largest absolute Gasteiger partial charge is 0.474 e. The molecule has 35 heavy (non-hydrogen) atoms. The zero-order valence-corrected chi connectivity index (χ0v) is 16.6. The van der Waals surface area contributed by atoms with Crippen molar-refractivity contribution in [3.63, 3.8) is 0 Å². The van der Waals surface area contributed by atoms with Crippen LogP contribution in [-0.2, 0) is 18.5 Å². The van der Waals surface area contributed by atoms with Crippen LogP contribution in [0.25, 0.3) is 0 Å². The molecule has 16 heteroatoms. The number of rotatable bonds is 5. The highest BCUT2D eigenvalue weighted by Crippen LogP contribution is 2.48. The van der Waals surface area contributed by atoms with E-state index >= 15 is 0 Å². The van der Waals surface area contributed by atoms with E-state index in [1.165, 1.54) is 0 Å². The van der Waals surface area contributed by atoms with Crippen molar-refractivity contribution < 1.29 is 70.9 Å². The van der Waals surface area contributed by atoms with Crippen molar-refractivity contribution in [2.24, 2.45) is 0 Å². The maximum atomic E-state index is 13.3. The van der Waals surface area contributed by atoms with Gasteiger partial charge in [-0.3, -0.25) is 0 Å². The summed E-state index contributed by atoms with van der Waals surface area (Å²) in [6, 6.07) is 0.635. The first-order valence-electron chi connectivity index (χ1n) is 8.80. The predicted octanol–water partition coefficient (Wildman–Crippen LogP) is 8.50. The molecule has 0 aliphatic rings. The Morgan fingerprint density at radius 3 is 1.31 bits per heavy atom. The van der Waals surface area contributed by atoms with Crippen LogP contribution < -0.4 is 9.47 Å². The van der Waals surface area contributed by atoms with Crippen molar-refractivity contribution in [3.8, 4) is 17.2 Å². The first kappa shape index (κ1) is 28.3. The Bertz CT molecular complexity index is 975. The van der Waals surface area contributed by atoms with Crippen LogP contribution in [0.15, 0.2) is 36.4 Å². The number of halogens is 14. The van der Waals surface area contributed by atoms with Crippen LogP contribution in [0.4, 0.5) is 61.5 Å². The van der Waals surface area contributed by atoms with Gasteiger partial charge < -0.3 is 9.47 Å². The molecule has 0 N–H and O–H groups in total. The molecule has 0 aliphatic heterocycles. The number of alkyl halides is 14. The molecule has 0 saturated carbocycles. The second-order valence-corrected chi connectivity index (χ2v) is 6.96. The van der Waals surface area contributed by atoms with E-state index in [4.69, 9.17) is 0 Å². The van der Waals surface area contributed by atoms with Crippen LogP contribution in [0.1, 0.15) is 23.6 Å². The lowest BCUT2D eigenvalue weighted by molar-refractivity contribution is -0.254. The van der Waals surface area contributed by atoms with Gasteiger partial charge in [0.1, 0.15) is 11.5 Å². The molecule has 0 saturated heterocycles. The topological polar surface area (TPSA) is 18.5 Å². The van der Waals surface area contributed by atoms with Gasteiger partial charge in [0.25, 0.3) is 12.0 Å².